The van der Waals surface area contributed by atoms with Crippen molar-refractivity contribution in [2.45, 2.75) is 72.8 Å². The summed E-state index contributed by atoms with van der Waals surface area (Å²) in [4.78, 5) is 8.86. The summed E-state index contributed by atoms with van der Waals surface area (Å²) in [6, 6.07) is 0. The summed E-state index contributed by atoms with van der Waals surface area (Å²) in [5.74, 6) is 0.554. The molecule has 0 aliphatic rings. The Morgan fingerprint density at radius 3 is 2.52 bits per heavy atom. The van der Waals surface area contributed by atoms with E-state index >= 15 is 0 Å². The normalized spacial score (nSPS) is 12.6. The maximum atomic E-state index is 4.99. The molecule has 1 unspecified atom stereocenters. The molecule has 1 aromatic heterocycles. The van der Waals surface area contributed by atoms with Gasteiger partial charge in [0.25, 0.3) is 0 Å². The highest BCUT2D eigenvalue weighted by Crippen LogP contribution is 2.32. The summed E-state index contributed by atoms with van der Waals surface area (Å²) in [6.07, 6.45) is 4.83. The van der Waals surface area contributed by atoms with Crippen LogP contribution in [0.3, 0.4) is 0 Å². The van der Waals surface area contributed by atoms with Gasteiger partial charge in [0.05, 0.1) is 5.69 Å². The van der Waals surface area contributed by atoms with Gasteiger partial charge in [-0.2, -0.15) is 0 Å². The quantitative estimate of drug-likeness (QED) is 0.596. The Bertz CT molecular complexity index is 389. The Morgan fingerprint density at radius 1 is 1.19 bits per heavy atom. The molecule has 4 heteroatoms. The van der Waals surface area contributed by atoms with Gasteiger partial charge < -0.3 is 10.2 Å². The molecule has 0 radical (unpaired) electrons. The van der Waals surface area contributed by atoms with Crippen molar-refractivity contribution in [2.24, 2.45) is 0 Å². The van der Waals surface area contributed by atoms with E-state index in [0.29, 0.717) is 5.92 Å². The summed E-state index contributed by atoms with van der Waals surface area (Å²) >= 11 is 1.89. The maximum absolute atomic E-state index is 4.99. The number of thiazole rings is 1. The van der Waals surface area contributed by atoms with E-state index in [2.05, 4.69) is 44.8 Å². The van der Waals surface area contributed by atoms with Crippen molar-refractivity contribution in [3.8, 4) is 0 Å². The van der Waals surface area contributed by atoms with Crippen molar-refractivity contribution in [3.05, 3.63) is 10.6 Å². The highest BCUT2D eigenvalue weighted by atomic mass is 32.1. The van der Waals surface area contributed by atoms with Crippen LogP contribution in [0.4, 0.5) is 5.13 Å². The summed E-state index contributed by atoms with van der Waals surface area (Å²) in [7, 11) is 0. The monoisotopic (exact) mass is 311 g/mol. The van der Waals surface area contributed by atoms with Crippen LogP contribution in [0, 0.1) is 0 Å². The molecule has 0 fully saturated rings. The first-order chi connectivity index (χ1) is 10.2. The minimum Gasteiger partial charge on any atom is -0.348 e. The lowest BCUT2D eigenvalue weighted by Crippen LogP contribution is -2.23. The third kappa shape index (κ3) is 5.59. The van der Waals surface area contributed by atoms with Gasteiger partial charge in [0.1, 0.15) is 0 Å². The fourth-order valence-corrected chi connectivity index (χ4v) is 3.55. The van der Waals surface area contributed by atoms with E-state index in [1.165, 1.54) is 35.0 Å². The minimum absolute atomic E-state index is 0.554. The fraction of sp³-hybridized carbons (Fsp3) is 0.824. The van der Waals surface area contributed by atoms with E-state index < -0.39 is 0 Å². The number of nitrogens with one attached hydrogen (secondary N) is 1. The number of nitrogens with zero attached hydrogens (tertiary/aromatic N) is 2. The Hall–Kier alpha value is -0.610. The molecule has 1 heterocycles. The van der Waals surface area contributed by atoms with Crippen molar-refractivity contribution < 1.29 is 0 Å². The average molecular weight is 312 g/mol. The standard InChI is InChI=1S/C17H33N3S/c1-6-10-12-20(9-4)17-19-16(14(5)8-3)15(21-17)13-18-11-7-2/h14,18H,6-13H2,1-5H3. The van der Waals surface area contributed by atoms with Crippen LogP contribution < -0.4 is 10.2 Å². The van der Waals surface area contributed by atoms with Crippen LogP contribution in [0.5, 0.6) is 0 Å². The van der Waals surface area contributed by atoms with E-state index in [-0.39, 0.29) is 0 Å². The predicted molar refractivity (Wildman–Crippen MR) is 95.6 cm³/mol. The number of hydrogen-bond acceptors (Lipinski definition) is 4. The predicted octanol–water partition coefficient (Wildman–Crippen LogP) is 4.78. The van der Waals surface area contributed by atoms with Crippen LogP contribution in [-0.4, -0.2) is 24.6 Å². The molecule has 1 N–H and O–H groups in total. The Morgan fingerprint density at radius 2 is 1.95 bits per heavy atom. The second kappa shape index (κ2) is 10.2. The second-order valence-corrected chi connectivity index (χ2v) is 6.79. The molecule has 0 saturated heterocycles. The third-order valence-corrected chi connectivity index (χ3v) is 5.07. The number of hydrogen-bond donors (Lipinski definition) is 1. The van der Waals surface area contributed by atoms with E-state index in [1.807, 2.05) is 11.3 Å². The summed E-state index contributed by atoms with van der Waals surface area (Å²) in [6.45, 7) is 15.5. The second-order valence-electron chi connectivity index (χ2n) is 5.72. The highest BCUT2D eigenvalue weighted by molar-refractivity contribution is 7.15. The summed E-state index contributed by atoms with van der Waals surface area (Å²) in [5.41, 5.74) is 1.32. The van der Waals surface area contributed by atoms with Gasteiger partial charge in [-0.25, -0.2) is 4.98 Å². The molecule has 0 amide bonds. The molecular formula is C17H33N3S. The summed E-state index contributed by atoms with van der Waals surface area (Å²) < 4.78 is 0. The first kappa shape index (κ1) is 18.4. The Balaban J connectivity index is 2.89. The molecule has 21 heavy (non-hydrogen) atoms. The number of rotatable bonds is 11. The van der Waals surface area contributed by atoms with Crippen LogP contribution in [0.1, 0.15) is 76.8 Å². The number of aromatic nitrogens is 1. The van der Waals surface area contributed by atoms with Gasteiger partial charge in [0.15, 0.2) is 5.13 Å². The van der Waals surface area contributed by atoms with Gasteiger partial charge in [-0.15, -0.1) is 11.3 Å². The van der Waals surface area contributed by atoms with Crippen molar-refractivity contribution in [1.29, 1.82) is 0 Å². The molecular weight excluding hydrogens is 278 g/mol. The van der Waals surface area contributed by atoms with Gasteiger partial charge in [-0.3, -0.25) is 0 Å². The molecule has 0 spiro atoms. The van der Waals surface area contributed by atoms with Gasteiger partial charge in [-0.1, -0.05) is 34.1 Å². The van der Waals surface area contributed by atoms with Crippen molar-refractivity contribution in [1.82, 2.24) is 10.3 Å². The molecule has 122 valence electrons. The van der Waals surface area contributed by atoms with Gasteiger partial charge in [0, 0.05) is 24.5 Å². The van der Waals surface area contributed by atoms with Gasteiger partial charge in [0.2, 0.25) is 0 Å². The van der Waals surface area contributed by atoms with E-state index in [4.69, 9.17) is 4.98 Å². The van der Waals surface area contributed by atoms with Crippen LogP contribution >= 0.6 is 11.3 Å². The van der Waals surface area contributed by atoms with Crippen LogP contribution in [0.2, 0.25) is 0 Å². The molecule has 3 nitrogen and oxygen atoms in total. The molecule has 0 aromatic carbocycles. The largest absolute Gasteiger partial charge is 0.348 e. The Kier molecular flexibility index (Phi) is 8.93. The first-order valence-electron chi connectivity index (χ1n) is 8.62. The lowest BCUT2D eigenvalue weighted by molar-refractivity contribution is 0.654. The summed E-state index contributed by atoms with van der Waals surface area (Å²) in [5, 5.41) is 4.75. The van der Waals surface area contributed by atoms with Crippen molar-refractivity contribution in [3.63, 3.8) is 0 Å². The molecule has 0 aliphatic heterocycles. The average Bonchev–Trinajstić information content (AvgIpc) is 2.91. The molecule has 0 aliphatic carbocycles. The SMILES string of the molecule is CCCCN(CC)c1nc(C(C)CC)c(CNCCC)s1. The third-order valence-electron chi connectivity index (χ3n) is 3.94. The first-order valence-corrected chi connectivity index (χ1v) is 9.44. The Labute approximate surface area is 135 Å². The molecule has 0 bridgehead atoms. The minimum atomic E-state index is 0.554. The van der Waals surface area contributed by atoms with E-state index in [9.17, 15) is 0 Å². The van der Waals surface area contributed by atoms with Crippen LogP contribution in [0.15, 0.2) is 0 Å². The van der Waals surface area contributed by atoms with E-state index in [1.54, 1.807) is 0 Å². The van der Waals surface area contributed by atoms with Crippen molar-refractivity contribution in [2.75, 3.05) is 24.5 Å². The van der Waals surface area contributed by atoms with Crippen LogP contribution in [-0.2, 0) is 6.54 Å². The molecule has 0 saturated carbocycles. The zero-order chi connectivity index (χ0) is 15.7. The van der Waals surface area contributed by atoms with Gasteiger partial charge in [-0.05, 0) is 38.6 Å². The number of unbranched alkanes of at least 4 members (excludes halogenated alkanes) is 1. The molecule has 1 rings (SSSR count). The maximum Gasteiger partial charge on any atom is 0.185 e. The molecule has 1 atom stereocenters. The smallest absolute Gasteiger partial charge is 0.185 e. The number of anilines is 1. The van der Waals surface area contributed by atoms with Gasteiger partial charge >= 0.3 is 0 Å². The van der Waals surface area contributed by atoms with Crippen LogP contribution in [0.25, 0.3) is 0 Å². The molecule has 1 aromatic rings. The lowest BCUT2D eigenvalue weighted by atomic mass is 10.0. The highest BCUT2D eigenvalue weighted by Gasteiger charge is 2.18. The zero-order valence-corrected chi connectivity index (χ0v) is 15.4. The zero-order valence-electron chi connectivity index (χ0n) is 14.5. The fourth-order valence-electron chi connectivity index (χ4n) is 2.31. The van der Waals surface area contributed by atoms with Crippen molar-refractivity contribution >= 4 is 16.5 Å². The van der Waals surface area contributed by atoms with E-state index in [0.717, 1.165) is 32.6 Å². The topological polar surface area (TPSA) is 28.2 Å². The lowest BCUT2D eigenvalue weighted by Gasteiger charge is -2.19.